The molecular formula is C31H34F2N2O7. The minimum atomic E-state index is -3.80. The summed E-state index contributed by atoms with van der Waals surface area (Å²) in [4.78, 5) is 18.0. The standard InChI is InChI=1S/C31H34F2N2O7/c1-4-5-12-34-25-11-9-21-26(18-6-10-22-24(13-18)42-31(32,33)41-22)28(30(37)38)27(29(21)35-25)20-8-7-19(39-3)14-23(20)40-16-17(2)15-36/h6-11,13-14,17,26-28,36H,4-5,12,15-16H2,1-3H3,(H,34,35)(H,37,38)/t17?,26-,27-,28+/m0/s1. The number of rotatable bonds is 12. The van der Waals surface area contributed by atoms with Gasteiger partial charge in [0.25, 0.3) is 0 Å². The fourth-order valence-corrected chi connectivity index (χ4v) is 5.53. The van der Waals surface area contributed by atoms with E-state index in [0.29, 0.717) is 46.2 Å². The molecule has 2 heterocycles. The summed E-state index contributed by atoms with van der Waals surface area (Å²) in [5.41, 5.74) is 2.26. The van der Waals surface area contributed by atoms with E-state index in [9.17, 15) is 23.8 Å². The Hall–Kier alpha value is -4.12. The minimum absolute atomic E-state index is 0.0805. The van der Waals surface area contributed by atoms with E-state index in [0.717, 1.165) is 12.8 Å². The number of pyridine rings is 1. The summed E-state index contributed by atoms with van der Waals surface area (Å²) in [5.74, 6) is -2.56. The average Bonchev–Trinajstić information content (AvgIpc) is 3.48. The summed E-state index contributed by atoms with van der Waals surface area (Å²) < 4.78 is 48.4. The highest BCUT2D eigenvalue weighted by Gasteiger charge is 2.50. The second kappa shape index (κ2) is 12.0. The molecule has 3 aromatic rings. The van der Waals surface area contributed by atoms with Gasteiger partial charge in [-0.15, -0.1) is 8.78 Å². The molecule has 4 atom stereocenters. The zero-order valence-corrected chi connectivity index (χ0v) is 23.6. The van der Waals surface area contributed by atoms with Gasteiger partial charge in [-0.3, -0.25) is 4.79 Å². The van der Waals surface area contributed by atoms with Crippen LogP contribution in [0, 0.1) is 11.8 Å². The van der Waals surface area contributed by atoms with Crippen molar-refractivity contribution in [1.82, 2.24) is 4.98 Å². The number of unbranched alkanes of at least 4 members (excludes halogenated alkanes) is 1. The van der Waals surface area contributed by atoms with E-state index in [2.05, 4.69) is 17.0 Å². The zero-order chi connectivity index (χ0) is 30.0. The number of hydrogen-bond acceptors (Lipinski definition) is 8. The number of carboxylic acid groups (broad SMARTS) is 1. The lowest BCUT2D eigenvalue weighted by Gasteiger charge is -2.25. The number of aliphatic hydroxyl groups is 1. The monoisotopic (exact) mass is 584 g/mol. The van der Waals surface area contributed by atoms with Crippen LogP contribution in [-0.4, -0.2) is 54.3 Å². The Morgan fingerprint density at radius 2 is 1.86 bits per heavy atom. The summed E-state index contributed by atoms with van der Waals surface area (Å²) in [6.45, 7) is 4.73. The number of alkyl halides is 2. The van der Waals surface area contributed by atoms with Gasteiger partial charge < -0.3 is 34.5 Å². The number of nitrogens with zero attached hydrogens (tertiary/aromatic N) is 1. The molecule has 1 aliphatic carbocycles. The lowest BCUT2D eigenvalue weighted by molar-refractivity contribution is -0.286. The Morgan fingerprint density at radius 3 is 2.57 bits per heavy atom. The molecule has 9 nitrogen and oxygen atoms in total. The molecule has 0 bridgehead atoms. The molecule has 0 radical (unpaired) electrons. The molecule has 3 N–H and O–H groups in total. The van der Waals surface area contributed by atoms with Gasteiger partial charge in [-0.25, -0.2) is 4.98 Å². The Bertz CT molecular complexity index is 1450. The molecule has 1 aromatic heterocycles. The third-order valence-electron chi connectivity index (χ3n) is 7.60. The van der Waals surface area contributed by atoms with Crippen LogP contribution in [0.2, 0.25) is 0 Å². The highest BCUT2D eigenvalue weighted by atomic mass is 19.3. The van der Waals surface area contributed by atoms with Gasteiger partial charge in [0.1, 0.15) is 17.3 Å². The van der Waals surface area contributed by atoms with Crippen molar-refractivity contribution in [3.63, 3.8) is 0 Å². The smallest absolute Gasteiger partial charge is 0.497 e. The minimum Gasteiger partial charge on any atom is -0.497 e. The summed E-state index contributed by atoms with van der Waals surface area (Å²) in [5, 5.41) is 23.6. The highest BCUT2D eigenvalue weighted by molar-refractivity contribution is 5.78. The van der Waals surface area contributed by atoms with Crippen LogP contribution < -0.4 is 24.3 Å². The number of anilines is 1. The molecular weight excluding hydrogens is 550 g/mol. The first-order valence-corrected chi connectivity index (χ1v) is 13.9. The molecule has 2 aliphatic rings. The molecule has 1 unspecified atom stereocenters. The number of halogens is 2. The van der Waals surface area contributed by atoms with E-state index in [1.165, 1.54) is 19.2 Å². The van der Waals surface area contributed by atoms with Gasteiger partial charge in [-0.2, -0.15) is 0 Å². The third kappa shape index (κ3) is 5.78. The first-order chi connectivity index (χ1) is 20.2. The number of carbonyl (C=O) groups is 1. The van der Waals surface area contributed by atoms with Crippen molar-refractivity contribution in [3.05, 3.63) is 70.9 Å². The van der Waals surface area contributed by atoms with Gasteiger partial charge in [0.2, 0.25) is 0 Å². The summed E-state index contributed by atoms with van der Waals surface area (Å²) in [6, 6.07) is 13.2. The average molecular weight is 585 g/mol. The normalized spacial score (nSPS) is 20.6. The van der Waals surface area contributed by atoms with E-state index < -0.39 is 30.0 Å². The van der Waals surface area contributed by atoms with E-state index in [1.54, 1.807) is 30.3 Å². The lowest BCUT2D eigenvalue weighted by Crippen LogP contribution is -2.26. The van der Waals surface area contributed by atoms with E-state index in [4.69, 9.17) is 19.2 Å². The van der Waals surface area contributed by atoms with Crippen molar-refractivity contribution in [3.8, 4) is 23.0 Å². The molecule has 11 heteroatoms. The van der Waals surface area contributed by atoms with Gasteiger partial charge in [-0.05, 0) is 41.8 Å². The van der Waals surface area contributed by atoms with Crippen LogP contribution >= 0.6 is 0 Å². The Labute approximate surface area is 242 Å². The molecule has 0 fully saturated rings. The molecule has 224 valence electrons. The van der Waals surface area contributed by atoms with Crippen molar-refractivity contribution < 1.29 is 42.7 Å². The summed E-state index contributed by atoms with van der Waals surface area (Å²) in [7, 11) is 1.52. The predicted octanol–water partition coefficient (Wildman–Crippen LogP) is 5.61. The molecule has 2 aromatic carbocycles. The first-order valence-electron chi connectivity index (χ1n) is 13.9. The fraction of sp³-hybridized carbons (Fsp3) is 0.419. The van der Waals surface area contributed by atoms with Gasteiger partial charge >= 0.3 is 12.3 Å². The predicted molar refractivity (Wildman–Crippen MR) is 150 cm³/mol. The fourth-order valence-electron chi connectivity index (χ4n) is 5.53. The molecule has 0 saturated carbocycles. The maximum atomic E-state index is 13.8. The molecule has 0 saturated heterocycles. The van der Waals surface area contributed by atoms with Crippen LogP contribution in [0.25, 0.3) is 0 Å². The number of nitrogens with one attached hydrogen (secondary N) is 1. The number of benzene rings is 2. The number of fused-ring (bicyclic) bond motifs is 2. The number of methoxy groups -OCH3 is 1. The highest BCUT2D eigenvalue weighted by Crippen LogP contribution is 2.55. The van der Waals surface area contributed by atoms with Crippen molar-refractivity contribution in [2.75, 3.05) is 32.2 Å². The van der Waals surface area contributed by atoms with E-state index >= 15 is 0 Å². The second-order valence-corrected chi connectivity index (χ2v) is 10.6. The molecule has 0 amide bonds. The molecule has 0 spiro atoms. The van der Waals surface area contributed by atoms with E-state index in [-0.39, 0.29) is 30.6 Å². The maximum Gasteiger partial charge on any atom is 0.586 e. The SMILES string of the molecule is CCCCNc1ccc2c(n1)[C@@H](c1ccc(OC)cc1OCC(C)CO)[C@H](C(=O)O)[C@H]2c1ccc2c(c1)OC(F)(F)O2. The van der Waals surface area contributed by atoms with Gasteiger partial charge in [0.15, 0.2) is 11.5 Å². The first kappa shape index (κ1) is 29.4. The third-order valence-corrected chi connectivity index (χ3v) is 7.60. The van der Waals surface area contributed by atoms with Crippen molar-refractivity contribution in [1.29, 1.82) is 0 Å². The largest absolute Gasteiger partial charge is 0.586 e. The number of ether oxygens (including phenoxy) is 4. The number of aliphatic hydroxyl groups excluding tert-OH is 1. The van der Waals surface area contributed by atoms with E-state index in [1.807, 2.05) is 13.0 Å². The van der Waals surface area contributed by atoms with Gasteiger partial charge in [0, 0.05) is 42.5 Å². The van der Waals surface area contributed by atoms with Crippen molar-refractivity contribution in [2.45, 2.75) is 44.8 Å². The van der Waals surface area contributed by atoms with Gasteiger partial charge in [0.05, 0.1) is 25.3 Å². The molecule has 1 aliphatic heterocycles. The topological polar surface area (TPSA) is 119 Å². The van der Waals surface area contributed by atoms with Crippen molar-refractivity contribution >= 4 is 11.8 Å². The second-order valence-electron chi connectivity index (χ2n) is 10.6. The number of aliphatic carboxylic acids is 1. The van der Waals surface area contributed by atoms with Crippen LogP contribution in [0.3, 0.4) is 0 Å². The van der Waals surface area contributed by atoms with Crippen LogP contribution in [0.1, 0.15) is 60.9 Å². The van der Waals surface area contributed by atoms with Crippen LogP contribution in [0.5, 0.6) is 23.0 Å². The molecule has 42 heavy (non-hydrogen) atoms. The maximum absolute atomic E-state index is 13.8. The van der Waals surface area contributed by atoms with Gasteiger partial charge in [-0.1, -0.05) is 38.5 Å². The summed E-state index contributed by atoms with van der Waals surface area (Å²) >= 11 is 0. The number of aromatic nitrogens is 1. The lowest BCUT2D eigenvalue weighted by atomic mass is 9.79. The Balaban J connectivity index is 1.65. The van der Waals surface area contributed by atoms with Crippen molar-refractivity contribution in [2.24, 2.45) is 11.8 Å². The Morgan fingerprint density at radius 1 is 1.10 bits per heavy atom. The number of hydrogen-bond donors (Lipinski definition) is 3. The van der Waals surface area contributed by atoms with Crippen LogP contribution in [-0.2, 0) is 4.79 Å². The molecule has 5 rings (SSSR count). The zero-order valence-electron chi connectivity index (χ0n) is 23.6. The Kier molecular flexibility index (Phi) is 8.40. The number of carboxylic acids is 1. The van der Waals surface area contributed by atoms with Crippen LogP contribution in [0.15, 0.2) is 48.5 Å². The quantitative estimate of drug-likeness (QED) is 0.234. The summed E-state index contributed by atoms with van der Waals surface area (Å²) in [6.07, 6.45) is -1.87. The van der Waals surface area contributed by atoms with Crippen LogP contribution in [0.4, 0.5) is 14.6 Å².